The average Bonchev–Trinajstić information content (AvgIpc) is 3.20. The number of fused-ring (bicyclic) bond motifs is 1. The number of esters is 1. The first-order valence-corrected chi connectivity index (χ1v) is 14.6. The van der Waals surface area contributed by atoms with Gasteiger partial charge in [-0.05, 0) is 64.4 Å². The largest absolute Gasteiger partial charge is 0.462 e. The van der Waals surface area contributed by atoms with E-state index in [4.69, 9.17) is 9.72 Å². The van der Waals surface area contributed by atoms with E-state index in [-0.39, 0.29) is 29.9 Å². The molecule has 0 aromatic carbocycles. The zero-order valence-corrected chi connectivity index (χ0v) is 22.3. The Bertz CT molecular complexity index is 1160. The minimum Gasteiger partial charge on any atom is -0.462 e. The molecular weight excluding hydrogens is 482 g/mol. The average molecular weight is 518 g/mol. The summed E-state index contributed by atoms with van der Waals surface area (Å²) in [4.78, 5) is 44.5. The lowest BCUT2D eigenvalue weighted by molar-refractivity contribution is -0.119. The summed E-state index contributed by atoms with van der Waals surface area (Å²) in [6.07, 6.45) is 13.3. The van der Waals surface area contributed by atoms with Gasteiger partial charge >= 0.3 is 5.97 Å². The quantitative estimate of drug-likeness (QED) is 0.208. The van der Waals surface area contributed by atoms with E-state index >= 15 is 0 Å². The van der Waals surface area contributed by atoms with Crippen LogP contribution in [0.25, 0.3) is 10.2 Å². The van der Waals surface area contributed by atoms with Crippen molar-refractivity contribution in [2.45, 2.75) is 95.8 Å². The number of carbonyl (C=O) groups excluding carboxylic acids is 2. The highest BCUT2D eigenvalue weighted by Crippen LogP contribution is 2.30. The summed E-state index contributed by atoms with van der Waals surface area (Å²) in [7, 11) is 0. The SMILES string of the molecule is CCOC(=O)c1sc2nc(SCC(=O)NC3CCCCC3)n(CCC3=CCCCC3)c(=O)c2c1C. The number of aryl methyl sites for hydroxylation is 1. The van der Waals surface area contributed by atoms with Crippen LogP contribution < -0.4 is 10.9 Å². The van der Waals surface area contributed by atoms with Crippen molar-refractivity contribution in [3.8, 4) is 0 Å². The van der Waals surface area contributed by atoms with Crippen molar-refractivity contribution in [1.82, 2.24) is 14.9 Å². The summed E-state index contributed by atoms with van der Waals surface area (Å²) < 4.78 is 6.89. The Morgan fingerprint density at radius 1 is 1.23 bits per heavy atom. The number of aromatic nitrogens is 2. The van der Waals surface area contributed by atoms with Crippen LogP contribution in [0.2, 0.25) is 0 Å². The second-order valence-electron chi connectivity index (χ2n) is 9.36. The summed E-state index contributed by atoms with van der Waals surface area (Å²) in [5.74, 6) is -0.230. The summed E-state index contributed by atoms with van der Waals surface area (Å²) in [6.45, 7) is 4.34. The predicted octanol–water partition coefficient (Wildman–Crippen LogP) is 5.37. The molecule has 0 aliphatic heterocycles. The standard InChI is InChI=1S/C26H35N3O4S2/c1-3-33-25(32)22-17(2)21-23(35-22)28-26(34-16-20(30)27-19-12-8-5-9-13-19)29(24(21)31)15-14-18-10-6-4-7-11-18/h10,19H,3-9,11-16H2,1-2H3,(H,27,30). The molecule has 1 fully saturated rings. The molecular formula is C26H35N3O4S2. The van der Waals surface area contributed by atoms with Crippen molar-refractivity contribution in [3.05, 3.63) is 32.4 Å². The van der Waals surface area contributed by atoms with Crippen molar-refractivity contribution in [2.24, 2.45) is 0 Å². The molecule has 2 aromatic heterocycles. The second-order valence-corrected chi connectivity index (χ2v) is 11.3. The maximum absolute atomic E-state index is 13.6. The minimum atomic E-state index is -0.424. The molecule has 9 heteroatoms. The van der Waals surface area contributed by atoms with Gasteiger partial charge in [0.15, 0.2) is 5.16 Å². The van der Waals surface area contributed by atoms with Crippen molar-refractivity contribution in [3.63, 3.8) is 0 Å². The molecule has 190 valence electrons. The Morgan fingerprint density at radius 3 is 2.74 bits per heavy atom. The first-order chi connectivity index (χ1) is 17.0. The van der Waals surface area contributed by atoms with E-state index < -0.39 is 5.97 Å². The van der Waals surface area contributed by atoms with Crippen LogP contribution in [-0.2, 0) is 16.1 Å². The van der Waals surface area contributed by atoms with Crippen LogP contribution in [0.15, 0.2) is 21.6 Å². The molecule has 1 saturated carbocycles. The fourth-order valence-corrected chi connectivity index (χ4v) is 6.88. The monoisotopic (exact) mass is 517 g/mol. The molecule has 0 spiro atoms. The van der Waals surface area contributed by atoms with Crippen molar-refractivity contribution in [2.75, 3.05) is 12.4 Å². The van der Waals surface area contributed by atoms with Crippen molar-refractivity contribution >= 4 is 45.2 Å². The maximum atomic E-state index is 13.6. The van der Waals surface area contributed by atoms with Gasteiger partial charge in [0.2, 0.25) is 5.91 Å². The van der Waals surface area contributed by atoms with Crippen LogP contribution in [0.3, 0.4) is 0 Å². The molecule has 0 atom stereocenters. The normalized spacial score (nSPS) is 16.8. The number of ether oxygens (including phenoxy) is 1. The summed E-state index contributed by atoms with van der Waals surface area (Å²) >= 11 is 2.50. The highest BCUT2D eigenvalue weighted by molar-refractivity contribution is 7.99. The molecule has 0 radical (unpaired) electrons. The first kappa shape index (κ1) is 25.9. The Labute approximate surface area is 214 Å². The van der Waals surface area contributed by atoms with Crippen molar-refractivity contribution < 1.29 is 14.3 Å². The van der Waals surface area contributed by atoms with Crippen LogP contribution in [0.4, 0.5) is 0 Å². The van der Waals surface area contributed by atoms with E-state index in [1.807, 2.05) is 0 Å². The van der Waals surface area contributed by atoms with Gasteiger partial charge in [0.1, 0.15) is 9.71 Å². The topological polar surface area (TPSA) is 90.3 Å². The number of hydrogen-bond donors (Lipinski definition) is 1. The van der Waals surface area contributed by atoms with Gasteiger partial charge in [0.05, 0.1) is 17.7 Å². The van der Waals surface area contributed by atoms with E-state index in [2.05, 4.69) is 11.4 Å². The number of hydrogen-bond acceptors (Lipinski definition) is 7. The molecule has 1 N–H and O–H groups in total. The molecule has 4 rings (SSSR count). The fourth-order valence-electron chi connectivity index (χ4n) is 4.93. The third-order valence-corrected chi connectivity index (χ3v) is 8.96. The lowest BCUT2D eigenvalue weighted by atomic mass is 9.95. The third kappa shape index (κ3) is 6.36. The van der Waals surface area contributed by atoms with Gasteiger partial charge in [-0.2, -0.15) is 0 Å². The molecule has 2 heterocycles. The van der Waals surface area contributed by atoms with Crippen LogP contribution in [0.1, 0.15) is 86.4 Å². The number of rotatable bonds is 9. The summed E-state index contributed by atoms with van der Waals surface area (Å²) in [6, 6.07) is 0.250. The van der Waals surface area contributed by atoms with Crippen molar-refractivity contribution in [1.29, 1.82) is 0 Å². The molecule has 2 aliphatic rings. The molecule has 0 saturated heterocycles. The van der Waals surface area contributed by atoms with Gasteiger partial charge in [0.25, 0.3) is 5.56 Å². The van der Waals surface area contributed by atoms with Gasteiger partial charge in [-0.3, -0.25) is 14.2 Å². The maximum Gasteiger partial charge on any atom is 0.348 e. The zero-order chi connectivity index (χ0) is 24.8. The van der Waals surface area contributed by atoms with E-state index in [0.29, 0.717) is 32.4 Å². The van der Waals surface area contributed by atoms with Crippen LogP contribution in [0, 0.1) is 6.92 Å². The number of thiophene rings is 1. The molecule has 1 amide bonds. The molecule has 35 heavy (non-hydrogen) atoms. The van der Waals surface area contributed by atoms with Gasteiger partial charge in [-0.1, -0.05) is 42.7 Å². The zero-order valence-electron chi connectivity index (χ0n) is 20.7. The lowest BCUT2D eigenvalue weighted by Crippen LogP contribution is -2.37. The third-order valence-electron chi connectivity index (χ3n) is 6.82. The smallest absolute Gasteiger partial charge is 0.348 e. The Balaban J connectivity index is 1.60. The molecule has 7 nitrogen and oxygen atoms in total. The molecule has 0 unspecified atom stereocenters. The first-order valence-electron chi connectivity index (χ1n) is 12.8. The van der Waals surface area contributed by atoms with Gasteiger partial charge in [-0.15, -0.1) is 11.3 Å². The Morgan fingerprint density at radius 2 is 2.03 bits per heavy atom. The Hall–Kier alpha value is -2.13. The number of amides is 1. The highest BCUT2D eigenvalue weighted by atomic mass is 32.2. The predicted molar refractivity (Wildman–Crippen MR) is 141 cm³/mol. The fraction of sp³-hybridized carbons (Fsp3) is 0.615. The lowest BCUT2D eigenvalue weighted by Gasteiger charge is -2.22. The number of thioether (sulfide) groups is 1. The van der Waals surface area contributed by atoms with Gasteiger partial charge in [-0.25, -0.2) is 9.78 Å². The number of nitrogens with one attached hydrogen (secondary N) is 1. The molecule has 2 aliphatic carbocycles. The summed E-state index contributed by atoms with van der Waals surface area (Å²) in [5.41, 5.74) is 1.85. The van der Waals surface area contributed by atoms with Gasteiger partial charge in [0, 0.05) is 12.6 Å². The number of nitrogens with zero attached hydrogens (tertiary/aromatic N) is 2. The Kier molecular flexibility index (Phi) is 9.05. The van der Waals surface area contributed by atoms with E-state index in [0.717, 1.165) is 44.9 Å². The van der Waals surface area contributed by atoms with Gasteiger partial charge < -0.3 is 10.1 Å². The second kappa shape index (κ2) is 12.2. The molecule has 0 bridgehead atoms. The highest BCUT2D eigenvalue weighted by Gasteiger charge is 2.23. The van der Waals surface area contributed by atoms with E-state index in [1.54, 1.807) is 18.4 Å². The number of allylic oxidation sites excluding steroid dienone is 2. The minimum absolute atomic E-state index is 0.0210. The van der Waals surface area contributed by atoms with Crippen LogP contribution >= 0.6 is 23.1 Å². The van der Waals surface area contributed by atoms with Crippen LogP contribution in [0.5, 0.6) is 0 Å². The molecule has 2 aromatic rings. The van der Waals surface area contributed by atoms with E-state index in [1.165, 1.54) is 47.9 Å². The van der Waals surface area contributed by atoms with Crippen LogP contribution in [-0.4, -0.2) is 39.8 Å². The summed E-state index contributed by atoms with van der Waals surface area (Å²) in [5, 5.41) is 4.16. The number of carbonyl (C=O) groups is 2. The van der Waals surface area contributed by atoms with E-state index in [9.17, 15) is 14.4 Å².